The summed E-state index contributed by atoms with van der Waals surface area (Å²) in [5.74, 6) is -0.979. The Balaban J connectivity index is 1.77. The van der Waals surface area contributed by atoms with Gasteiger partial charge in [0.1, 0.15) is 24.2 Å². The van der Waals surface area contributed by atoms with Crippen LogP contribution >= 0.6 is 0 Å². The van der Waals surface area contributed by atoms with E-state index in [1.165, 1.54) is 67.6 Å². The smallest absolute Gasteiger partial charge is 0.264 e. The second kappa shape index (κ2) is 14.0. The molecule has 4 aromatic rings. The number of nitrogens with one attached hydrogen (secondary N) is 1. The van der Waals surface area contributed by atoms with Crippen LogP contribution in [-0.2, 0) is 32.6 Å². The van der Waals surface area contributed by atoms with Gasteiger partial charge in [0, 0.05) is 20.0 Å². The maximum absolute atomic E-state index is 14.2. The number of carbonyl (C=O) groups is 2. The molecular formula is C33H34FN3O5S. The van der Waals surface area contributed by atoms with Gasteiger partial charge in [0.15, 0.2) is 0 Å². The van der Waals surface area contributed by atoms with E-state index < -0.39 is 40.2 Å². The Labute approximate surface area is 251 Å². The zero-order valence-electron chi connectivity index (χ0n) is 24.2. The molecule has 0 unspecified atom stereocenters. The van der Waals surface area contributed by atoms with Crippen LogP contribution < -0.4 is 14.4 Å². The summed E-state index contributed by atoms with van der Waals surface area (Å²) in [6.45, 7) is 1.24. The molecule has 0 bridgehead atoms. The van der Waals surface area contributed by atoms with E-state index in [9.17, 15) is 22.4 Å². The molecule has 1 atom stereocenters. The summed E-state index contributed by atoms with van der Waals surface area (Å²) in [6.07, 6.45) is 0.184. The molecule has 43 heavy (non-hydrogen) atoms. The first-order valence-corrected chi connectivity index (χ1v) is 15.1. The van der Waals surface area contributed by atoms with E-state index in [1.54, 1.807) is 24.3 Å². The summed E-state index contributed by atoms with van der Waals surface area (Å²) in [7, 11) is -1.27. The van der Waals surface area contributed by atoms with Gasteiger partial charge in [-0.1, -0.05) is 60.2 Å². The van der Waals surface area contributed by atoms with Gasteiger partial charge in [-0.05, 0) is 66.6 Å². The molecule has 0 spiro atoms. The van der Waals surface area contributed by atoms with E-state index in [-0.39, 0.29) is 23.5 Å². The molecule has 0 heterocycles. The summed E-state index contributed by atoms with van der Waals surface area (Å²) < 4.78 is 48.0. The first kappa shape index (κ1) is 31.2. The molecule has 8 nitrogen and oxygen atoms in total. The summed E-state index contributed by atoms with van der Waals surface area (Å²) in [5, 5.41) is 2.64. The molecule has 0 saturated heterocycles. The summed E-state index contributed by atoms with van der Waals surface area (Å²) in [6, 6.07) is 26.5. The zero-order chi connectivity index (χ0) is 31.0. The van der Waals surface area contributed by atoms with Crippen molar-refractivity contribution in [1.82, 2.24) is 10.2 Å². The Morgan fingerprint density at radius 3 is 2.07 bits per heavy atom. The number of ether oxygens (including phenoxy) is 1. The second-order valence-corrected chi connectivity index (χ2v) is 11.9. The van der Waals surface area contributed by atoms with Crippen molar-refractivity contribution < 1.29 is 27.1 Å². The van der Waals surface area contributed by atoms with Crippen LogP contribution in [0.25, 0.3) is 0 Å². The molecule has 4 aromatic carbocycles. The van der Waals surface area contributed by atoms with Gasteiger partial charge in [-0.2, -0.15) is 0 Å². The van der Waals surface area contributed by atoms with Gasteiger partial charge < -0.3 is 15.0 Å². The van der Waals surface area contributed by atoms with E-state index in [2.05, 4.69) is 5.32 Å². The Morgan fingerprint density at radius 2 is 1.49 bits per heavy atom. The Kier molecular flexibility index (Phi) is 10.2. The van der Waals surface area contributed by atoms with Crippen molar-refractivity contribution in [2.24, 2.45) is 0 Å². The number of hydrogen-bond acceptors (Lipinski definition) is 5. The van der Waals surface area contributed by atoms with Gasteiger partial charge in [0.25, 0.3) is 10.0 Å². The molecule has 0 aliphatic heterocycles. The normalized spacial score (nSPS) is 11.8. The SMILES string of the molecule is CNC(=O)[C@H](Cc1ccccc1)N(Cc1ccc(F)cc1)C(=O)CN(c1ccc(C)cc1)S(=O)(=O)c1ccc(OC)cc1. The highest BCUT2D eigenvalue weighted by atomic mass is 32.2. The molecule has 0 fully saturated rings. The van der Waals surface area contributed by atoms with E-state index >= 15 is 0 Å². The maximum Gasteiger partial charge on any atom is 0.264 e. The fourth-order valence-electron chi connectivity index (χ4n) is 4.62. The summed E-state index contributed by atoms with van der Waals surface area (Å²) in [5.41, 5.74) is 2.60. The maximum atomic E-state index is 14.2. The number of methoxy groups -OCH3 is 1. The lowest BCUT2D eigenvalue weighted by Crippen LogP contribution is -2.53. The minimum absolute atomic E-state index is 0.0288. The number of hydrogen-bond donors (Lipinski definition) is 1. The van der Waals surface area contributed by atoms with E-state index in [4.69, 9.17) is 4.74 Å². The van der Waals surface area contributed by atoms with Crippen LogP contribution in [0.2, 0.25) is 0 Å². The van der Waals surface area contributed by atoms with Crippen molar-refractivity contribution in [3.63, 3.8) is 0 Å². The topological polar surface area (TPSA) is 96.0 Å². The first-order chi connectivity index (χ1) is 20.6. The summed E-state index contributed by atoms with van der Waals surface area (Å²) in [4.78, 5) is 28.8. The van der Waals surface area contributed by atoms with Crippen molar-refractivity contribution in [3.8, 4) is 5.75 Å². The molecule has 0 aliphatic carbocycles. The number of rotatable bonds is 12. The molecule has 0 aromatic heterocycles. The molecule has 2 amide bonds. The average molecular weight is 604 g/mol. The number of nitrogens with zero attached hydrogens (tertiary/aromatic N) is 2. The predicted octanol–water partition coefficient (Wildman–Crippen LogP) is 4.72. The highest BCUT2D eigenvalue weighted by Crippen LogP contribution is 2.26. The third-order valence-electron chi connectivity index (χ3n) is 7.03. The van der Waals surface area contributed by atoms with Crippen molar-refractivity contribution in [2.75, 3.05) is 25.0 Å². The molecule has 10 heteroatoms. The van der Waals surface area contributed by atoms with Crippen molar-refractivity contribution in [3.05, 3.63) is 126 Å². The van der Waals surface area contributed by atoms with Gasteiger partial charge in [-0.15, -0.1) is 0 Å². The molecule has 224 valence electrons. The van der Waals surface area contributed by atoms with Crippen molar-refractivity contribution in [1.29, 1.82) is 0 Å². The molecule has 4 rings (SSSR count). The second-order valence-electron chi connectivity index (χ2n) is 9.99. The van der Waals surface area contributed by atoms with Crippen LogP contribution in [0.5, 0.6) is 5.75 Å². The lowest BCUT2D eigenvalue weighted by atomic mass is 10.0. The number of aryl methyl sites for hydroxylation is 1. The molecule has 0 saturated carbocycles. The average Bonchev–Trinajstić information content (AvgIpc) is 3.03. The van der Waals surface area contributed by atoms with Crippen LogP contribution in [0.1, 0.15) is 16.7 Å². The van der Waals surface area contributed by atoms with Crippen molar-refractivity contribution in [2.45, 2.75) is 30.8 Å². The molecule has 0 aliphatic rings. The molecule has 0 radical (unpaired) electrons. The van der Waals surface area contributed by atoms with Gasteiger partial charge >= 0.3 is 0 Å². The minimum Gasteiger partial charge on any atom is -0.497 e. The molecule has 1 N–H and O–H groups in total. The largest absolute Gasteiger partial charge is 0.497 e. The minimum atomic E-state index is -4.23. The highest BCUT2D eigenvalue weighted by molar-refractivity contribution is 7.92. The van der Waals surface area contributed by atoms with E-state index in [0.717, 1.165) is 15.4 Å². The van der Waals surface area contributed by atoms with E-state index in [1.807, 2.05) is 37.3 Å². The fraction of sp³-hybridized carbons (Fsp3) is 0.212. The number of anilines is 1. The van der Waals surface area contributed by atoms with Crippen molar-refractivity contribution >= 4 is 27.5 Å². The number of halogens is 1. The monoisotopic (exact) mass is 603 g/mol. The van der Waals surface area contributed by atoms with Crippen LogP contribution in [-0.4, -0.2) is 51.9 Å². The Hall–Kier alpha value is -4.70. The Bertz CT molecular complexity index is 1630. The zero-order valence-corrected chi connectivity index (χ0v) is 25.1. The number of carbonyl (C=O) groups excluding carboxylic acids is 2. The number of sulfonamides is 1. The van der Waals surface area contributed by atoms with Gasteiger partial charge in [0.05, 0.1) is 17.7 Å². The third kappa shape index (κ3) is 7.78. The van der Waals surface area contributed by atoms with Crippen LogP contribution in [0.4, 0.5) is 10.1 Å². The molecular weight excluding hydrogens is 569 g/mol. The lowest BCUT2D eigenvalue weighted by Gasteiger charge is -2.33. The number of benzene rings is 4. The number of amides is 2. The summed E-state index contributed by atoms with van der Waals surface area (Å²) >= 11 is 0. The lowest BCUT2D eigenvalue weighted by molar-refractivity contribution is -0.139. The van der Waals surface area contributed by atoms with Crippen LogP contribution in [0.15, 0.2) is 108 Å². The van der Waals surface area contributed by atoms with Gasteiger partial charge in [-0.3, -0.25) is 13.9 Å². The van der Waals surface area contributed by atoms with Crippen LogP contribution in [0, 0.1) is 12.7 Å². The standard InChI is InChI=1S/C33H34FN3O5S/c1-24-9-15-28(16-10-24)37(43(40,41)30-19-17-29(42-3)18-20-30)23-32(38)36(22-26-11-13-27(34)14-12-26)31(33(39)35-2)21-25-7-5-4-6-8-25/h4-20,31H,21-23H2,1-3H3,(H,35,39)/t31-/m0/s1. The third-order valence-corrected chi connectivity index (χ3v) is 8.82. The first-order valence-electron chi connectivity index (χ1n) is 13.6. The number of likely N-dealkylation sites (N-methyl/N-ethyl adjacent to an activating group) is 1. The predicted molar refractivity (Wildman–Crippen MR) is 164 cm³/mol. The van der Waals surface area contributed by atoms with Crippen LogP contribution in [0.3, 0.4) is 0 Å². The Morgan fingerprint density at radius 1 is 0.860 bits per heavy atom. The van der Waals surface area contributed by atoms with E-state index in [0.29, 0.717) is 11.3 Å². The highest BCUT2D eigenvalue weighted by Gasteiger charge is 2.34. The fourth-order valence-corrected chi connectivity index (χ4v) is 6.04. The quantitative estimate of drug-likeness (QED) is 0.253. The van der Waals surface area contributed by atoms with Gasteiger partial charge in [0.2, 0.25) is 11.8 Å². The van der Waals surface area contributed by atoms with Gasteiger partial charge in [-0.25, -0.2) is 12.8 Å².